The molecular formula is C21H22N2S. The topological polar surface area (TPSA) is 6.48 Å². The summed E-state index contributed by atoms with van der Waals surface area (Å²) >= 11 is 1.92. The third kappa shape index (κ3) is 1.67. The van der Waals surface area contributed by atoms with Crippen LogP contribution in [0.15, 0.2) is 58.3 Å². The molecule has 3 heteroatoms. The number of anilines is 2. The molecule has 2 aromatic carbocycles. The smallest absolute Gasteiger partial charge is 0.0553 e. The van der Waals surface area contributed by atoms with E-state index in [2.05, 4.69) is 58.3 Å². The second-order valence-electron chi connectivity index (χ2n) is 7.82. The van der Waals surface area contributed by atoms with Gasteiger partial charge in [0.1, 0.15) is 0 Å². The normalized spacial score (nSPS) is 32.9. The number of nitrogens with zero attached hydrogens (tertiary/aromatic N) is 2. The van der Waals surface area contributed by atoms with Crippen LogP contribution in [-0.4, -0.2) is 29.6 Å². The molecule has 1 aliphatic carbocycles. The molecule has 3 heterocycles. The number of hydrogen-bond donors (Lipinski definition) is 0. The van der Waals surface area contributed by atoms with E-state index in [0.717, 1.165) is 18.5 Å². The highest BCUT2D eigenvalue weighted by atomic mass is 32.2. The van der Waals surface area contributed by atoms with E-state index >= 15 is 0 Å². The summed E-state index contributed by atoms with van der Waals surface area (Å²) in [5.74, 6) is 0.987. The molecule has 0 radical (unpaired) electrons. The lowest BCUT2D eigenvalue weighted by molar-refractivity contribution is -0.0795. The second kappa shape index (κ2) is 4.80. The first-order chi connectivity index (χ1) is 11.9. The first-order valence-corrected chi connectivity index (χ1v) is 10.1. The molecule has 0 N–H and O–H groups in total. The zero-order valence-electron chi connectivity index (χ0n) is 13.8. The van der Waals surface area contributed by atoms with Gasteiger partial charge in [-0.1, -0.05) is 36.0 Å². The average molecular weight is 334 g/mol. The van der Waals surface area contributed by atoms with Crippen LogP contribution in [0.5, 0.6) is 0 Å². The third-order valence-corrected chi connectivity index (χ3v) is 8.10. The minimum absolute atomic E-state index is 0.633. The third-order valence-electron chi connectivity index (χ3n) is 6.97. The molecule has 4 aliphatic rings. The van der Waals surface area contributed by atoms with Crippen molar-refractivity contribution in [1.29, 1.82) is 0 Å². The minimum atomic E-state index is 0.633. The summed E-state index contributed by atoms with van der Waals surface area (Å²) in [6, 6.07) is 18.6. The first kappa shape index (κ1) is 13.8. The number of fused-ring (bicyclic) bond motifs is 2. The molecule has 3 atom stereocenters. The van der Waals surface area contributed by atoms with Crippen molar-refractivity contribution in [2.45, 2.75) is 47.1 Å². The van der Waals surface area contributed by atoms with E-state index in [0.29, 0.717) is 5.54 Å². The van der Waals surface area contributed by atoms with Crippen LogP contribution >= 0.6 is 11.8 Å². The van der Waals surface area contributed by atoms with Crippen LogP contribution < -0.4 is 4.90 Å². The molecule has 1 spiro atoms. The van der Waals surface area contributed by atoms with Gasteiger partial charge in [-0.2, -0.15) is 0 Å². The Kier molecular flexibility index (Phi) is 2.76. The van der Waals surface area contributed by atoms with Crippen LogP contribution in [0, 0.1) is 5.92 Å². The lowest BCUT2D eigenvalue weighted by Gasteiger charge is -2.59. The van der Waals surface area contributed by atoms with E-state index < -0.39 is 0 Å². The Morgan fingerprint density at radius 1 is 0.958 bits per heavy atom. The summed E-state index contributed by atoms with van der Waals surface area (Å²) in [6.45, 7) is 2.47. The molecule has 2 aromatic rings. The van der Waals surface area contributed by atoms with E-state index in [4.69, 9.17) is 0 Å². The molecule has 6 rings (SSSR count). The number of para-hydroxylation sites is 2. The lowest BCUT2D eigenvalue weighted by Crippen LogP contribution is -2.65. The van der Waals surface area contributed by atoms with Gasteiger partial charge in [-0.3, -0.25) is 4.90 Å². The van der Waals surface area contributed by atoms with Crippen molar-refractivity contribution in [2.75, 3.05) is 18.0 Å². The predicted molar refractivity (Wildman–Crippen MR) is 99.2 cm³/mol. The highest BCUT2D eigenvalue weighted by Crippen LogP contribution is 2.60. The number of benzene rings is 2. The van der Waals surface area contributed by atoms with Crippen LogP contribution in [0.25, 0.3) is 0 Å². The molecule has 1 saturated carbocycles. The fourth-order valence-corrected chi connectivity index (χ4v) is 6.71. The van der Waals surface area contributed by atoms with Gasteiger partial charge in [0.05, 0.1) is 11.4 Å². The average Bonchev–Trinajstić information content (AvgIpc) is 2.70. The molecule has 0 bridgehead atoms. The minimum Gasteiger partial charge on any atom is -0.338 e. The Labute approximate surface area is 147 Å². The Morgan fingerprint density at radius 2 is 1.67 bits per heavy atom. The second-order valence-corrected chi connectivity index (χ2v) is 8.90. The quantitative estimate of drug-likeness (QED) is 0.770. The van der Waals surface area contributed by atoms with E-state index in [1.807, 2.05) is 11.8 Å². The molecule has 24 heavy (non-hydrogen) atoms. The van der Waals surface area contributed by atoms with Crippen LogP contribution in [0.2, 0.25) is 0 Å². The Morgan fingerprint density at radius 3 is 2.21 bits per heavy atom. The van der Waals surface area contributed by atoms with Crippen LogP contribution in [-0.2, 0) is 0 Å². The molecule has 122 valence electrons. The van der Waals surface area contributed by atoms with Gasteiger partial charge in [0.25, 0.3) is 0 Å². The van der Waals surface area contributed by atoms with E-state index in [1.165, 1.54) is 53.4 Å². The fourth-order valence-electron chi connectivity index (χ4n) is 5.62. The number of hydrogen-bond acceptors (Lipinski definition) is 3. The molecule has 0 aromatic heterocycles. The maximum Gasteiger partial charge on any atom is 0.0553 e. The highest BCUT2D eigenvalue weighted by molar-refractivity contribution is 7.99. The van der Waals surface area contributed by atoms with Crippen molar-refractivity contribution in [2.24, 2.45) is 5.92 Å². The van der Waals surface area contributed by atoms with E-state index in [-0.39, 0.29) is 0 Å². The zero-order chi connectivity index (χ0) is 15.7. The summed E-state index contributed by atoms with van der Waals surface area (Å²) < 4.78 is 0. The van der Waals surface area contributed by atoms with Crippen molar-refractivity contribution >= 4 is 23.1 Å². The predicted octanol–water partition coefficient (Wildman–Crippen LogP) is 4.92. The number of rotatable bonds is 2. The fraction of sp³-hybridized carbons (Fsp3) is 0.429. The van der Waals surface area contributed by atoms with Crippen LogP contribution in [0.3, 0.4) is 0 Å². The van der Waals surface area contributed by atoms with Gasteiger partial charge in [-0.15, -0.1) is 0 Å². The Balaban J connectivity index is 1.38. The van der Waals surface area contributed by atoms with E-state index in [1.54, 1.807) is 0 Å². The van der Waals surface area contributed by atoms with Gasteiger partial charge in [0.15, 0.2) is 0 Å². The van der Waals surface area contributed by atoms with Crippen molar-refractivity contribution in [3.63, 3.8) is 0 Å². The SMILES string of the molecule is c1ccc2c(c1)Sc1ccccc1N2CC1CC2CCC23CCN13. The van der Waals surface area contributed by atoms with Crippen LogP contribution in [0.4, 0.5) is 11.4 Å². The Hall–Kier alpha value is -1.45. The van der Waals surface area contributed by atoms with Gasteiger partial charge < -0.3 is 4.90 Å². The Bertz CT molecular complexity index is 769. The summed E-state index contributed by atoms with van der Waals surface area (Å²) in [5, 5.41) is 0. The molecular weight excluding hydrogens is 312 g/mol. The maximum atomic E-state index is 2.86. The van der Waals surface area contributed by atoms with E-state index in [9.17, 15) is 0 Å². The van der Waals surface area contributed by atoms with Gasteiger partial charge in [0.2, 0.25) is 0 Å². The maximum absolute atomic E-state index is 2.86. The first-order valence-electron chi connectivity index (χ1n) is 9.25. The highest BCUT2D eigenvalue weighted by Gasteiger charge is 2.63. The monoisotopic (exact) mass is 334 g/mol. The molecule has 3 fully saturated rings. The standard InChI is InChI=1S/C21H22N2S/c1-3-7-19-17(5-1)22(18-6-2-4-8-20(18)24-19)14-16-13-15-9-10-21(15)11-12-23(16)21/h1-8,15-16H,9-14H2. The summed E-state index contributed by atoms with van der Waals surface area (Å²) in [6.07, 6.45) is 5.79. The summed E-state index contributed by atoms with van der Waals surface area (Å²) in [4.78, 5) is 8.25. The summed E-state index contributed by atoms with van der Waals surface area (Å²) in [7, 11) is 0. The van der Waals surface area contributed by atoms with Gasteiger partial charge >= 0.3 is 0 Å². The van der Waals surface area contributed by atoms with Crippen LogP contribution in [0.1, 0.15) is 25.7 Å². The lowest BCUT2D eigenvalue weighted by atomic mass is 9.62. The molecule has 0 amide bonds. The van der Waals surface area contributed by atoms with Gasteiger partial charge in [-0.25, -0.2) is 0 Å². The molecule has 2 nitrogen and oxygen atoms in total. The van der Waals surface area contributed by atoms with Crippen molar-refractivity contribution in [3.8, 4) is 0 Å². The van der Waals surface area contributed by atoms with Gasteiger partial charge in [-0.05, 0) is 55.9 Å². The van der Waals surface area contributed by atoms with Gasteiger partial charge in [0, 0.05) is 34.5 Å². The molecule has 3 unspecified atom stereocenters. The van der Waals surface area contributed by atoms with Crippen molar-refractivity contribution < 1.29 is 0 Å². The summed E-state index contributed by atoms with van der Waals surface area (Å²) in [5.41, 5.74) is 3.43. The van der Waals surface area contributed by atoms with Crippen molar-refractivity contribution in [3.05, 3.63) is 48.5 Å². The largest absolute Gasteiger partial charge is 0.338 e. The van der Waals surface area contributed by atoms with Crippen molar-refractivity contribution in [1.82, 2.24) is 4.90 Å². The molecule has 3 aliphatic heterocycles. The zero-order valence-corrected chi connectivity index (χ0v) is 14.6. The molecule has 2 saturated heterocycles.